The van der Waals surface area contributed by atoms with E-state index in [1.165, 1.54) is 11.3 Å². The molecule has 0 aliphatic heterocycles. The molecule has 0 radical (unpaired) electrons. The molecule has 5 rings (SSSR count). The third kappa shape index (κ3) is 2.26. The van der Waals surface area contributed by atoms with Crippen molar-refractivity contribution in [2.45, 2.75) is 32.1 Å². The number of rotatable bonds is 2. The van der Waals surface area contributed by atoms with E-state index in [0.29, 0.717) is 10.3 Å². The summed E-state index contributed by atoms with van der Waals surface area (Å²) in [5.41, 5.74) is 2.70. The van der Waals surface area contributed by atoms with E-state index in [4.69, 9.17) is 4.98 Å². The van der Waals surface area contributed by atoms with Gasteiger partial charge in [-0.3, -0.25) is 14.2 Å². The summed E-state index contributed by atoms with van der Waals surface area (Å²) in [4.78, 5) is 31.6. The van der Waals surface area contributed by atoms with Crippen molar-refractivity contribution < 1.29 is 0 Å². The molecule has 1 aromatic carbocycles. The average molecular weight is 377 g/mol. The van der Waals surface area contributed by atoms with Crippen LogP contribution in [0.5, 0.6) is 0 Å². The number of hydrogen-bond acceptors (Lipinski definition) is 4. The van der Waals surface area contributed by atoms with Crippen LogP contribution in [0.25, 0.3) is 26.9 Å². The summed E-state index contributed by atoms with van der Waals surface area (Å²) in [6.07, 6.45) is 3.20. The molecular formula is C21H19N3O2S. The van der Waals surface area contributed by atoms with Gasteiger partial charge < -0.3 is 4.57 Å². The fraction of sp³-hybridized carbons (Fsp3) is 0.286. The first-order valence-electron chi connectivity index (χ1n) is 9.17. The quantitative estimate of drug-likeness (QED) is 0.533. The molecule has 4 aromatic rings. The lowest BCUT2D eigenvalue weighted by Gasteiger charge is -2.28. The van der Waals surface area contributed by atoms with Crippen LogP contribution >= 0.6 is 11.3 Å². The maximum Gasteiger partial charge on any atom is 0.271 e. The number of aryl methyl sites for hydroxylation is 2. The number of benzene rings is 1. The Bertz CT molecular complexity index is 1310. The summed E-state index contributed by atoms with van der Waals surface area (Å²) in [6.45, 7) is 1.99. The van der Waals surface area contributed by atoms with E-state index in [1.807, 2.05) is 54.3 Å². The highest BCUT2D eigenvalue weighted by Crippen LogP contribution is 2.36. The second-order valence-electron chi connectivity index (χ2n) is 7.26. The Morgan fingerprint density at radius 3 is 2.56 bits per heavy atom. The predicted octanol–water partition coefficient (Wildman–Crippen LogP) is 3.88. The van der Waals surface area contributed by atoms with E-state index < -0.39 is 0 Å². The number of thiophene rings is 1. The van der Waals surface area contributed by atoms with Crippen LogP contribution in [0.15, 0.2) is 45.3 Å². The summed E-state index contributed by atoms with van der Waals surface area (Å²) >= 11 is 1.40. The zero-order valence-electron chi connectivity index (χ0n) is 15.2. The summed E-state index contributed by atoms with van der Waals surface area (Å²) in [6, 6.07) is 9.52. The van der Waals surface area contributed by atoms with E-state index in [2.05, 4.69) is 0 Å². The van der Waals surface area contributed by atoms with E-state index in [0.717, 1.165) is 41.9 Å². The Labute approximate surface area is 159 Å². The summed E-state index contributed by atoms with van der Waals surface area (Å²) in [7, 11) is 1.90. The normalized spacial score (nSPS) is 14.7. The maximum absolute atomic E-state index is 13.5. The number of pyridine rings is 1. The lowest BCUT2D eigenvalue weighted by Crippen LogP contribution is -2.31. The molecule has 5 nitrogen and oxygen atoms in total. The first kappa shape index (κ1) is 16.4. The van der Waals surface area contributed by atoms with Crippen LogP contribution < -0.4 is 11.0 Å². The number of aromatic nitrogens is 3. The van der Waals surface area contributed by atoms with Crippen molar-refractivity contribution in [1.82, 2.24) is 14.1 Å². The fourth-order valence-corrected chi connectivity index (χ4v) is 4.99. The minimum Gasteiger partial charge on any atom is -0.327 e. The molecular weight excluding hydrogens is 358 g/mol. The van der Waals surface area contributed by atoms with E-state index in [9.17, 15) is 9.59 Å². The Morgan fingerprint density at radius 2 is 1.89 bits per heavy atom. The smallest absolute Gasteiger partial charge is 0.271 e. The molecule has 1 fully saturated rings. The van der Waals surface area contributed by atoms with Crippen molar-refractivity contribution in [3.63, 3.8) is 0 Å². The highest BCUT2D eigenvalue weighted by molar-refractivity contribution is 7.17. The second-order valence-corrected chi connectivity index (χ2v) is 8.14. The van der Waals surface area contributed by atoms with Gasteiger partial charge in [-0.15, -0.1) is 11.3 Å². The Morgan fingerprint density at radius 1 is 1.15 bits per heavy atom. The minimum atomic E-state index is -0.262. The fourth-order valence-electron chi connectivity index (χ4n) is 3.97. The standard InChI is InChI=1S/C21H19N3O2S/c1-12-11-27-18-16(12)23(2)20-15(17(18)25)21(26)24(14-9-4-3-5-10-14)19(22-20)13-7-6-8-13/h3-5,9-11,13H,6-8H2,1-2H3. The Kier molecular flexibility index (Phi) is 3.59. The summed E-state index contributed by atoms with van der Waals surface area (Å²) in [5.74, 6) is 1.03. The van der Waals surface area contributed by atoms with E-state index >= 15 is 0 Å². The van der Waals surface area contributed by atoms with E-state index in [1.54, 1.807) is 4.57 Å². The van der Waals surface area contributed by atoms with Crippen molar-refractivity contribution >= 4 is 32.6 Å². The summed E-state index contributed by atoms with van der Waals surface area (Å²) < 4.78 is 4.19. The molecule has 3 heterocycles. The number of hydrogen-bond donors (Lipinski definition) is 0. The Hall–Kier alpha value is -2.73. The lowest BCUT2D eigenvalue weighted by molar-refractivity contribution is 0.394. The SMILES string of the molecule is Cc1csc2c(=O)c3c(=O)n(-c4ccccc4)c(C4CCC4)nc3n(C)c12. The van der Waals surface area contributed by atoms with Crippen molar-refractivity contribution in [3.8, 4) is 5.69 Å². The van der Waals surface area contributed by atoms with Crippen LogP contribution in [0.3, 0.4) is 0 Å². The zero-order chi connectivity index (χ0) is 18.7. The highest BCUT2D eigenvalue weighted by Gasteiger charge is 2.28. The first-order chi connectivity index (χ1) is 13.1. The van der Waals surface area contributed by atoms with Gasteiger partial charge in [0.25, 0.3) is 5.56 Å². The zero-order valence-corrected chi connectivity index (χ0v) is 16.0. The molecule has 0 N–H and O–H groups in total. The summed E-state index contributed by atoms with van der Waals surface area (Å²) in [5, 5.41) is 2.15. The molecule has 0 spiro atoms. The monoisotopic (exact) mass is 377 g/mol. The van der Waals surface area contributed by atoms with Gasteiger partial charge in [0.2, 0.25) is 5.43 Å². The molecule has 0 atom stereocenters. The second kappa shape index (κ2) is 5.89. The van der Waals surface area contributed by atoms with Gasteiger partial charge in [-0.25, -0.2) is 4.98 Å². The van der Waals surface area contributed by atoms with Crippen molar-refractivity contribution in [3.05, 3.63) is 67.7 Å². The van der Waals surface area contributed by atoms with Gasteiger partial charge >= 0.3 is 0 Å². The van der Waals surface area contributed by atoms with Crippen LogP contribution in [0, 0.1) is 6.92 Å². The molecule has 1 aliphatic rings. The number of para-hydroxylation sites is 1. The van der Waals surface area contributed by atoms with Gasteiger partial charge in [0.05, 0.1) is 15.9 Å². The highest BCUT2D eigenvalue weighted by atomic mass is 32.1. The Balaban J connectivity index is 1.99. The van der Waals surface area contributed by atoms with Crippen LogP contribution in [0.1, 0.15) is 36.6 Å². The molecule has 27 heavy (non-hydrogen) atoms. The van der Waals surface area contributed by atoms with Crippen LogP contribution in [-0.2, 0) is 7.05 Å². The topological polar surface area (TPSA) is 56.9 Å². The number of fused-ring (bicyclic) bond motifs is 2. The third-order valence-corrected chi connectivity index (χ3v) is 6.69. The molecule has 1 aliphatic carbocycles. The molecule has 0 bridgehead atoms. The largest absolute Gasteiger partial charge is 0.327 e. The van der Waals surface area contributed by atoms with Gasteiger partial charge in [-0.1, -0.05) is 24.6 Å². The third-order valence-electron chi connectivity index (χ3n) is 5.60. The van der Waals surface area contributed by atoms with Gasteiger partial charge in [0.1, 0.15) is 11.2 Å². The van der Waals surface area contributed by atoms with Gasteiger partial charge in [-0.05, 0) is 42.8 Å². The lowest BCUT2D eigenvalue weighted by atomic mass is 9.84. The first-order valence-corrected chi connectivity index (χ1v) is 10.0. The van der Waals surface area contributed by atoms with Gasteiger partial charge in [0, 0.05) is 13.0 Å². The van der Waals surface area contributed by atoms with Crippen molar-refractivity contribution in [2.75, 3.05) is 0 Å². The molecule has 0 amide bonds. The van der Waals surface area contributed by atoms with Crippen LogP contribution in [0.4, 0.5) is 0 Å². The minimum absolute atomic E-state index is 0.179. The van der Waals surface area contributed by atoms with Crippen LogP contribution in [-0.4, -0.2) is 14.1 Å². The molecule has 6 heteroatoms. The number of nitrogens with zero attached hydrogens (tertiary/aromatic N) is 3. The molecule has 3 aromatic heterocycles. The average Bonchev–Trinajstić information content (AvgIpc) is 3.01. The van der Waals surface area contributed by atoms with Crippen LogP contribution in [0.2, 0.25) is 0 Å². The van der Waals surface area contributed by atoms with E-state index in [-0.39, 0.29) is 22.3 Å². The maximum atomic E-state index is 13.5. The molecule has 136 valence electrons. The van der Waals surface area contributed by atoms with Gasteiger partial charge in [-0.2, -0.15) is 0 Å². The van der Waals surface area contributed by atoms with Gasteiger partial charge in [0.15, 0.2) is 5.65 Å². The molecule has 0 unspecified atom stereocenters. The predicted molar refractivity (Wildman–Crippen MR) is 109 cm³/mol. The molecule has 0 saturated heterocycles. The van der Waals surface area contributed by atoms with Crippen molar-refractivity contribution in [1.29, 1.82) is 0 Å². The molecule has 1 saturated carbocycles. The van der Waals surface area contributed by atoms with Crippen molar-refractivity contribution in [2.24, 2.45) is 7.05 Å².